The molecular formula is C10H18N4. The average Bonchev–Trinajstić information content (AvgIpc) is 2.63. The van der Waals surface area contributed by atoms with E-state index >= 15 is 0 Å². The van der Waals surface area contributed by atoms with E-state index in [0.717, 1.165) is 25.6 Å². The molecule has 0 spiro atoms. The Bertz CT molecular complexity index is 279. The summed E-state index contributed by atoms with van der Waals surface area (Å²) in [5.74, 6) is 0.986. The first-order chi connectivity index (χ1) is 6.79. The van der Waals surface area contributed by atoms with Crippen molar-refractivity contribution in [2.24, 2.45) is 0 Å². The second-order valence-electron chi connectivity index (χ2n) is 3.19. The predicted molar refractivity (Wildman–Crippen MR) is 59.6 cm³/mol. The molecular weight excluding hydrogens is 176 g/mol. The normalized spacial score (nSPS) is 10.1. The van der Waals surface area contributed by atoms with Gasteiger partial charge in [-0.1, -0.05) is 6.08 Å². The Balaban J connectivity index is 2.63. The molecule has 4 heteroatoms. The van der Waals surface area contributed by atoms with Crippen LogP contribution in [0.4, 0.5) is 5.95 Å². The lowest BCUT2D eigenvalue weighted by atomic mass is 10.5. The number of anilines is 1. The van der Waals surface area contributed by atoms with Crippen LogP contribution in [-0.2, 0) is 6.54 Å². The van der Waals surface area contributed by atoms with E-state index in [1.54, 1.807) is 0 Å². The van der Waals surface area contributed by atoms with E-state index in [0.29, 0.717) is 0 Å². The molecule has 0 aliphatic carbocycles. The second kappa shape index (κ2) is 5.44. The molecule has 1 aromatic heterocycles. The van der Waals surface area contributed by atoms with Crippen LogP contribution < -0.4 is 10.2 Å². The van der Waals surface area contributed by atoms with E-state index in [1.165, 1.54) is 0 Å². The molecule has 0 bridgehead atoms. The maximum Gasteiger partial charge on any atom is 0.205 e. The molecule has 0 amide bonds. The minimum Gasteiger partial charge on any atom is -0.344 e. The van der Waals surface area contributed by atoms with E-state index in [9.17, 15) is 0 Å². The highest BCUT2D eigenvalue weighted by atomic mass is 15.3. The third-order valence-electron chi connectivity index (χ3n) is 2.06. The van der Waals surface area contributed by atoms with E-state index in [2.05, 4.69) is 26.3 Å². The van der Waals surface area contributed by atoms with Gasteiger partial charge >= 0.3 is 0 Å². The van der Waals surface area contributed by atoms with Gasteiger partial charge in [0.25, 0.3) is 0 Å². The van der Waals surface area contributed by atoms with Crippen molar-refractivity contribution in [2.45, 2.75) is 6.54 Å². The summed E-state index contributed by atoms with van der Waals surface area (Å²) in [6.07, 6.45) is 5.65. The highest BCUT2D eigenvalue weighted by molar-refractivity contribution is 5.29. The number of allylic oxidation sites excluding steroid dienone is 1. The smallest absolute Gasteiger partial charge is 0.205 e. The summed E-state index contributed by atoms with van der Waals surface area (Å²) in [6.45, 7) is 6.43. The zero-order chi connectivity index (χ0) is 10.4. The molecule has 1 rings (SSSR count). The summed E-state index contributed by atoms with van der Waals surface area (Å²) < 4.78 is 2.07. The van der Waals surface area contributed by atoms with Crippen molar-refractivity contribution in [1.29, 1.82) is 0 Å². The number of imidazole rings is 1. The molecule has 0 aliphatic heterocycles. The Labute approximate surface area is 85.2 Å². The Kier molecular flexibility index (Phi) is 4.19. The number of hydrogen-bond donors (Lipinski definition) is 1. The van der Waals surface area contributed by atoms with Gasteiger partial charge in [0.15, 0.2) is 0 Å². The summed E-state index contributed by atoms with van der Waals surface area (Å²) >= 11 is 0. The molecule has 4 nitrogen and oxygen atoms in total. The Morgan fingerprint density at radius 2 is 2.50 bits per heavy atom. The Hall–Kier alpha value is -1.29. The van der Waals surface area contributed by atoms with Gasteiger partial charge in [0.1, 0.15) is 0 Å². The number of likely N-dealkylation sites (N-methyl/N-ethyl adjacent to an activating group) is 2. The third-order valence-corrected chi connectivity index (χ3v) is 2.06. The lowest BCUT2D eigenvalue weighted by molar-refractivity contribution is 0.721. The first kappa shape index (κ1) is 10.8. The van der Waals surface area contributed by atoms with E-state index in [4.69, 9.17) is 0 Å². The van der Waals surface area contributed by atoms with Crippen molar-refractivity contribution in [1.82, 2.24) is 14.9 Å². The van der Waals surface area contributed by atoms with Gasteiger partial charge in [0.05, 0.1) is 0 Å². The van der Waals surface area contributed by atoms with Gasteiger partial charge in [-0.2, -0.15) is 0 Å². The predicted octanol–water partition coefficient (Wildman–Crippen LogP) is 0.725. The highest BCUT2D eigenvalue weighted by Crippen LogP contribution is 2.08. The Morgan fingerprint density at radius 1 is 1.71 bits per heavy atom. The van der Waals surface area contributed by atoms with Crippen LogP contribution in [0.3, 0.4) is 0 Å². The molecule has 0 aliphatic rings. The van der Waals surface area contributed by atoms with Crippen LogP contribution in [0, 0.1) is 0 Å². The molecule has 0 unspecified atom stereocenters. The maximum absolute atomic E-state index is 4.30. The van der Waals surface area contributed by atoms with Gasteiger partial charge in [-0.15, -0.1) is 6.58 Å². The monoisotopic (exact) mass is 194 g/mol. The van der Waals surface area contributed by atoms with E-state index in [-0.39, 0.29) is 0 Å². The average molecular weight is 194 g/mol. The van der Waals surface area contributed by atoms with Crippen LogP contribution in [-0.4, -0.2) is 36.7 Å². The van der Waals surface area contributed by atoms with Crippen molar-refractivity contribution >= 4 is 5.95 Å². The maximum atomic E-state index is 4.30. The number of aromatic nitrogens is 2. The Morgan fingerprint density at radius 3 is 3.14 bits per heavy atom. The SMILES string of the molecule is C=CCn1ccnc1N(C)CCNC. The van der Waals surface area contributed by atoms with Crippen molar-refractivity contribution in [3.05, 3.63) is 25.0 Å². The van der Waals surface area contributed by atoms with Crippen LogP contribution in [0.15, 0.2) is 25.0 Å². The first-order valence-corrected chi connectivity index (χ1v) is 4.77. The fourth-order valence-corrected chi connectivity index (χ4v) is 1.30. The molecule has 1 heterocycles. The largest absolute Gasteiger partial charge is 0.344 e. The topological polar surface area (TPSA) is 33.1 Å². The summed E-state index contributed by atoms with van der Waals surface area (Å²) in [7, 11) is 3.99. The molecule has 78 valence electrons. The summed E-state index contributed by atoms with van der Waals surface area (Å²) in [5.41, 5.74) is 0. The molecule has 0 saturated carbocycles. The lowest BCUT2D eigenvalue weighted by Crippen LogP contribution is -2.29. The molecule has 1 N–H and O–H groups in total. The summed E-state index contributed by atoms with van der Waals surface area (Å²) in [6, 6.07) is 0. The fourth-order valence-electron chi connectivity index (χ4n) is 1.30. The number of hydrogen-bond acceptors (Lipinski definition) is 3. The van der Waals surface area contributed by atoms with Gasteiger partial charge in [-0.25, -0.2) is 4.98 Å². The molecule has 0 saturated heterocycles. The van der Waals surface area contributed by atoms with Gasteiger partial charge < -0.3 is 14.8 Å². The van der Waals surface area contributed by atoms with Crippen LogP contribution in [0.1, 0.15) is 0 Å². The molecule has 0 atom stereocenters. The van der Waals surface area contributed by atoms with E-state index in [1.807, 2.05) is 32.6 Å². The van der Waals surface area contributed by atoms with E-state index < -0.39 is 0 Å². The zero-order valence-corrected chi connectivity index (χ0v) is 8.90. The van der Waals surface area contributed by atoms with Crippen molar-refractivity contribution in [3.63, 3.8) is 0 Å². The molecule has 0 radical (unpaired) electrons. The standard InChI is InChI=1S/C10H18N4/c1-4-7-14-9-6-12-10(14)13(3)8-5-11-2/h4,6,9,11H,1,5,7-8H2,2-3H3. The number of rotatable bonds is 6. The lowest BCUT2D eigenvalue weighted by Gasteiger charge is -2.18. The van der Waals surface area contributed by atoms with Crippen molar-refractivity contribution < 1.29 is 0 Å². The second-order valence-corrected chi connectivity index (χ2v) is 3.19. The third kappa shape index (κ3) is 2.60. The van der Waals surface area contributed by atoms with Gasteiger partial charge in [0, 0.05) is 39.1 Å². The minimum atomic E-state index is 0.805. The quantitative estimate of drug-likeness (QED) is 0.678. The van der Waals surface area contributed by atoms with Crippen LogP contribution in [0.2, 0.25) is 0 Å². The first-order valence-electron chi connectivity index (χ1n) is 4.77. The number of nitrogens with one attached hydrogen (secondary N) is 1. The van der Waals surface area contributed by atoms with Gasteiger partial charge in [-0.3, -0.25) is 0 Å². The van der Waals surface area contributed by atoms with Crippen molar-refractivity contribution in [3.8, 4) is 0 Å². The molecule has 0 aromatic carbocycles. The molecule has 0 fully saturated rings. The highest BCUT2D eigenvalue weighted by Gasteiger charge is 2.05. The molecule has 1 aromatic rings. The van der Waals surface area contributed by atoms with Crippen molar-refractivity contribution in [2.75, 3.05) is 32.1 Å². The van der Waals surface area contributed by atoms with Crippen LogP contribution in [0.25, 0.3) is 0 Å². The zero-order valence-electron chi connectivity index (χ0n) is 8.90. The fraction of sp³-hybridized carbons (Fsp3) is 0.500. The van der Waals surface area contributed by atoms with Crippen LogP contribution in [0.5, 0.6) is 0 Å². The van der Waals surface area contributed by atoms with Gasteiger partial charge in [0.2, 0.25) is 5.95 Å². The summed E-state index contributed by atoms with van der Waals surface area (Å²) in [4.78, 5) is 6.43. The van der Waals surface area contributed by atoms with Gasteiger partial charge in [-0.05, 0) is 7.05 Å². The molecule has 14 heavy (non-hydrogen) atoms. The summed E-state index contributed by atoms with van der Waals surface area (Å²) in [5, 5.41) is 3.11. The van der Waals surface area contributed by atoms with Crippen LogP contribution >= 0.6 is 0 Å². The number of nitrogens with zero attached hydrogens (tertiary/aromatic N) is 3. The minimum absolute atomic E-state index is 0.805.